The first-order chi connectivity index (χ1) is 13.8. The van der Waals surface area contributed by atoms with Crippen LogP contribution < -0.4 is 46.0 Å². The summed E-state index contributed by atoms with van der Waals surface area (Å²) in [4.78, 5) is 0. The van der Waals surface area contributed by atoms with Crippen molar-refractivity contribution in [2.75, 3.05) is 0 Å². The van der Waals surface area contributed by atoms with Crippen molar-refractivity contribution in [2.24, 2.45) is 0 Å². The van der Waals surface area contributed by atoms with E-state index in [9.17, 15) is 0 Å². The Morgan fingerprint density at radius 1 is 0.419 bits per heavy atom. The average Bonchev–Trinajstić information content (AvgIpc) is 2.77. The minimum Gasteiger partial charge on any atom is -1.00 e. The molecule has 0 atom stereocenters. The van der Waals surface area contributed by atoms with E-state index in [0.29, 0.717) is 5.40 Å². The largest absolute Gasteiger partial charge is 2.00 e. The van der Waals surface area contributed by atoms with Gasteiger partial charge in [0.15, 0.2) is 0 Å². The molecular weight excluding hydrogens is 501 g/mol. The summed E-state index contributed by atoms with van der Waals surface area (Å²) in [5, 5.41) is 6.34. The minimum atomic E-state index is -0.470. The second-order valence-electron chi connectivity index (χ2n) is 6.71. The topological polar surface area (TPSA) is 0 Å². The molecule has 4 aromatic carbocycles. The Hall–Kier alpha value is -1.16. The molecule has 31 heavy (non-hydrogen) atoms. The number of halogens is 2. The number of hydrogen-bond acceptors (Lipinski definition) is 0. The van der Waals surface area contributed by atoms with Crippen LogP contribution in [0.4, 0.5) is 0 Å². The van der Waals surface area contributed by atoms with Crippen molar-refractivity contribution in [3.05, 3.63) is 121 Å². The molecule has 0 bridgehead atoms. The van der Waals surface area contributed by atoms with Gasteiger partial charge in [0.25, 0.3) is 0 Å². The van der Waals surface area contributed by atoms with E-state index in [1.165, 1.54) is 21.2 Å². The van der Waals surface area contributed by atoms with Crippen LogP contribution in [0.3, 0.4) is 0 Å². The normalized spacial score (nSPS) is 10.2. The second-order valence-corrected chi connectivity index (χ2v) is 12.2. The maximum atomic E-state index is 2.46. The molecule has 160 valence electrons. The monoisotopic (exact) mass is 524 g/mol. The zero-order chi connectivity index (χ0) is 19.2. The van der Waals surface area contributed by atoms with Gasteiger partial charge in [0.05, 0.1) is 0 Å². The van der Waals surface area contributed by atoms with Crippen molar-refractivity contribution in [2.45, 2.75) is 12.3 Å². The molecule has 0 aliphatic rings. The summed E-state index contributed by atoms with van der Waals surface area (Å²) in [6, 6.07) is 44.3. The average molecular weight is 525 g/mol. The van der Waals surface area contributed by atoms with E-state index in [1.807, 2.05) is 0 Å². The van der Waals surface area contributed by atoms with Gasteiger partial charge in [-0.1, -0.05) is 128 Å². The van der Waals surface area contributed by atoms with E-state index in [-0.39, 0.29) is 41.9 Å². The van der Waals surface area contributed by atoms with Crippen LogP contribution in [0.1, 0.15) is 6.92 Å². The molecule has 0 saturated carbocycles. The predicted octanol–water partition coefficient (Wildman–Crippen LogP) is -0.396. The smallest absolute Gasteiger partial charge is 1.00 e. The van der Waals surface area contributed by atoms with Gasteiger partial charge in [-0.25, -0.2) is 0 Å². The molecule has 0 heterocycles. The molecule has 0 amide bonds. The van der Waals surface area contributed by atoms with E-state index < -0.39 is 15.8 Å². The first-order valence-corrected chi connectivity index (χ1v) is 12.5. The fourth-order valence-electron chi connectivity index (χ4n) is 3.63. The fraction of sp³-hybridized carbons (Fsp3) is 0.0769. The van der Waals surface area contributed by atoms with Crippen molar-refractivity contribution in [3.63, 3.8) is 0 Å². The molecule has 4 rings (SSSR count). The minimum absolute atomic E-state index is 0. The zero-order valence-electron chi connectivity index (χ0n) is 17.1. The van der Waals surface area contributed by atoms with Crippen molar-refractivity contribution in [3.8, 4) is 0 Å². The van der Waals surface area contributed by atoms with Crippen molar-refractivity contribution in [1.82, 2.24) is 0 Å². The van der Waals surface area contributed by atoms with Crippen LogP contribution in [0.2, 0.25) is 0 Å². The van der Waals surface area contributed by atoms with Gasteiger partial charge < -0.3 is 24.8 Å². The molecule has 4 aromatic rings. The molecule has 0 radical (unpaired) electrons. The van der Waals surface area contributed by atoms with Crippen LogP contribution >= 0.6 is 15.8 Å². The summed E-state index contributed by atoms with van der Waals surface area (Å²) < 4.78 is 0. The Balaban J connectivity index is 0.00000160. The third kappa shape index (κ3) is 6.91. The predicted molar refractivity (Wildman–Crippen MR) is 128 cm³/mol. The summed E-state index contributed by atoms with van der Waals surface area (Å²) in [6.07, 6.45) is 0. The van der Waals surface area contributed by atoms with Gasteiger partial charge in [0.1, 0.15) is 0 Å². The van der Waals surface area contributed by atoms with Gasteiger partial charge in [0.2, 0.25) is 0 Å². The first-order valence-electron chi connectivity index (χ1n) is 9.63. The molecule has 0 unspecified atom stereocenters. The summed E-state index contributed by atoms with van der Waals surface area (Å²) in [6.45, 7) is 2.46. The Morgan fingerprint density at radius 2 is 0.613 bits per heavy atom. The molecule has 0 aliphatic heterocycles. The van der Waals surface area contributed by atoms with Crippen LogP contribution in [-0.4, -0.2) is 5.40 Å². The Bertz CT molecular complexity index is 825. The van der Waals surface area contributed by atoms with Gasteiger partial charge in [0, 0.05) is 5.40 Å². The van der Waals surface area contributed by atoms with Gasteiger partial charge in [-0.3, -0.25) is 0 Å². The van der Waals surface area contributed by atoms with Crippen LogP contribution in [-0.2, 0) is 17.1 Å². The van der Waals surface area contributed by atoms with Crippen LogP contribution in [0.15, 0.2) is 121 Å². The zero-order valence-corrected chi connectivity index (χ0v) is 21.5. The number of rotatable bonds is 6. The Kier molecular flexibility index (Phi) is 12.7. The maximum absolute atomic E-state index is 2.46. The fourth-order valence-corrected chi connectivity index (χ4v) is 10.5. The van der Waals surface area contributed by atoms with Crippen LogP contribution in [0, 0.1) is 0 Å². The Labute approximate surface area is 211 Å². The van der Waals surface area contributed by atoms with Crippen LogP contribution in [0.5, 0.6) is 0 Å². The van der Waals surface area contributed by atoms with Gasteiger partial charge >= 0.3 is 17.1 Å². The molecule has 0 aromatic heterocycles. The van der Waals surface area contributed by atoms with Gasteiger partial charge in [-0.05, 0) is 37.1 Å². The van der Waals surface area contributed by atoms with Crippen LogP contribution in [0.25, 0.3) is 0 Å². The maximum Gasteiger partial charge on any atom is 2.00 e. The van der Waals surface area contributed by atoms with Gasteiger partial charge in [-0.15, -0.1) is 0 Å². The van der Waals surface area contributed by atoms with Gasteiger partial charge in [-0.2, -0.15) is 0 Å². The quantitative estimate of drug-likeness (QED) is 0.238. The second kappa shape index (κ2) is 14.1. The molecule has 0 aliphatic carbocycles. The van der Waals surface area contributed by atoms with E-state index in [2.05, 4.69) is 128 Å². The molecular formula is C26H24Cl2FeP2. The summed E-state index contributed by atoms with van der Waals surface area (Å²) >= 11 is 0. The Morgan fingerprint density at radius 3 is 0.806 bits per heavy atom. The number of benzene rings is 4. The SMILES string of the molecule is CC(P(c1ccccc1)c1ccccc1)P(c1ccccc1)c1ccccc1.[Cl-].[Cl-].[Fe+2]. The molecule has 0 saturated heterocycles. The summed E-state index contributed by atoms with van der Waals surface area (Å²) in [5.74, 6) is 0. The summed E-state index contributed by atoms with van der Waals surface area (Å²) in [7, 11) is -0.940. The summed E-state index contributed by atoms with van der Waals surface area (Å²) in [5.41, 5.74) is 0. The van der Waals surface area contributed by atoms with Crippen molar-refractivity contribution >= 4 is 37.1 Å². The third-order valence-electron chi connectivity index (χ3n) is 4.88. The van der Waals surface area contributed by atoms with E-state index in [0.717, 1.165) is 0 Å². The van der Waals surface area contributed by atoms with E-state index in [1.54, 1.807) is 0 Å². The molecule has 0 fully saturated rings. The molecule has 0 spiro atoms. The third-order valence-corrected chi connectivity index (χ3v) is 11.2. The van der Waals surface area contributed by atoms with E-state index in [4.69, 9.17) is 0 Å². The van der Waals surface area contributed by atoms with E-state index >= 15 is 0 Å². The van der Waals surface area contributed by atoms with Crippen molar-refractivity contribution in [1.29, 1.82) is 0 Å². The molecule has 5 heteroatoms. The molecule has 0 nitrogen and oxygen atoms in total. The standard InChI is InChI=1S/C26H24P2.2ClH.Fe/c1-22(27(23-14-6-2-7-15-23)24-16-8-3-9-17-24)28(25-18-10-4-11-19-25)26-20-12-5-13-21-26;;;/h2-22H,1H3;2*1H;/q;;;+2/p-2. The number of hydrogen-bond donors (Lipinski definition) is 0. The van der Waals surface area contributed by atoms with Crippen molar-refractivity contribution < 1.29 is 41.9 Å². The molecule has 0 N–H and O–H groups in total. The first kappa shape index (κ1) is 27.9.